The second kappa shape index (κ2) is 6.58. The van der Waals surface area contributed by atoms with Gasteiger partial charge in [-0.3, -0.25) is 4.90 Å². The Balaban J connectivity index is 2.62. The molecule has 0 amide bonds. The molecule has 3 nitrogen and oxygen atoms in total. The van der Waals surface area contributed by atoms with Crippen molar-refractivity contribution in [2.45, 2.75) is 12.6 Å². The van der Waals surface area contributed by atoms with Crippen LogP contribution in [0.15, 0.2) is 24.3 Å². The maximum atomic E-state index is 13.4. The molecule has 0 saturated carbocycles. The summed E-state index contributed by atoms with van der Waals surface area (Å²) in [4.78, 5) is 2.00. The molecular weight excluding hydrogens is 207 g/mol. The molecule has 1 aromatic rings. The Kier molecular flexibility index (Phi) is 5.38. The Labute approximate surface area is 96.0 Å². The van der Waals surface area contributed by atoms with Crippen molar-refractivity contribution in [3.05, 3.63) is 35.6 Å². The number of hydrogen-bond donors (Lipinski definition) is 1. The van der Waals surface area contributed by atoms with E-state index in [2.05, 4.69) is 0 Å². The van der Waals surface area contributed by atoms with Crippen LogP contribution in [0.5, 0.6) is 0 Å². The van der Waals surface area contributed by atoms with E-state index in [1.807, 2.05) is 18.0 Å². The van der Waals surface area contributed by atoms with Gasteiger partial charge in [0, 0.05) is 31.8 Å². The molecule has 1 rings (SSSR count). The lowest BCUT2D eigenvalue weighted by Gasteiger charge is -2.26. The molecule has 4 heteroatoms. The molecule has 0 heterocycles. The molecule has 0 fully saturated rings. The number of nitrogens with zero attached hydrogens (tertiary/aromatic N) is 1. The van der Waals surface area contributed by atoms with Crippen LogP contribution in [0.3, 0.4) is 0 Å². The van der Waals surface area contributed by atoms with Gasteiger partial charge in [0.2, 0.25) is 0 Å². The van der Waals surface area contributed by atoms with Gasteiger partial charge >= 0.3 is 0 Å². The number of benzene rings is 1. The Bertz CT molecular complexity index is 320. The average molecular weight is 226 g/mol. The summed E-state index contributed by atoms with van der Waals surface area (Å²) in [6.45, 7) is 1.60. The van der Waals surface area contributed by atoms with Crippen molar-refractivity contribution in [2.24, 2.45) is 5.73 Å². The van der Waals surface area contributed by atoms with Crippen LogP contribution in [-0.4, -0.2) is 38.3 Å². The summed E-state index contributed by atoms with van der Waals surface area (Å²) < 4.78 is 18.5. The smallest absolute Gasteiger partial charge is 0.127 e. The molecule has 16 heavy (non-hydrogen) atoms. The lowest BCUT2D eigenvalue weighted by molar-refractivity contribution is 0.106. The monoisotopic (exact) mass is 226 g/mol. The van der Waals surface area contributed by atoms with Crippen molar-refractivity contribution in [1.82, 2.24) is 4.90 Å². The van der Waals surface area contributed by atoms with Gasteiger partial charge in [-0.05, 0) is 13.1 Å². The Morgan fingerprint density at radius 2 is 2.12 bits per heavy atom. The van der Waals surface area contributed by atoms with Crippen LogP contribution in [-0.2, 0) is 11.3 Å². The molecule has 0 aliphatic carbocycles. The number of methoxy groups -OCH3 is 1. The Morgan fingerprint density at radius 3 is 2.69 bits per heavy atom. The highest BCUT2D eigenvalue weighted by molar-refractivity contribution is 5.17. The van der Waals surface area contributed by atoms with Gasteiger partial charge in [0.05, 0.1) is 6.61 Å². The third-order valence-corrected chi connectivity index (χ3v) is 2.63. The summed E-state index contributed by atoms with van der Waals surface area (Å²) in [5.41, 5.74) is 6.32. The fraction of sp³-hybridized carbons (Fsp3) is 0.500. The van der Waals surface area contributed by atoms with E-state index >= 15 is 0 Å². The van der Waals surface area contributed by atoms with Crippen molar-refractivity contribution in [1.29, 1.82) is 0 Å². The summed E-state index contributed by atoms with van der Waals surface area (Å²) >= 11 is 0. The molecule has 90 valence electrons. The van der Waals surface area contributed by atoms with Crippen molar-refractivity contribution >= 4 is 0 Å². The van der Waals surface area contributed by atoms with E-state index in [9.17, 15) is 4.39 Å². The lowest BCUT2D eigenvalue weighted by atomic mass is 10.1. The summed E-state index contributed by atoms with van der Waals surface area (Å²) in [7, 11) is 3.56. The molecule has 1 atom stereocenters. The summed E-state index contributed by atoms with van der Waals surface area (Å²) in [6, 6.07) is 6.89. The molecule has 1 aromatic carbocycles. The molecule has 0 aliphatic heterocycles. The standard InChI is InChI=1S/C12H19FN2O/c1-15(11(7-14)9-16-2)8-10-5-3-4-6-12(10)13/h3-6,11H,7-9,14H2,1-2H3. The number of ether oxygens (including phenoxy) is 1. The third-order valence-electron chi connectivity index (χ3n) is 2.63. The summed E-state index contributed by atoms with van der Waals surface area (Å²) in [6.07, 6.45) is 0. The first kappa shape index (κ1) is 13.1. The fourth-order valence-corrected chi connectivity index (χ4v) is 1.59. The van der Waals surface area contributed by atoms with E-state index < -0.39 is 0 Å². The molecule has 1 unspecified atom stereocenters. The van der Waals surface area contributed by atoms with Crippen molar-refractivity contribution in [2.75, 3.05) is 27.3 Å². The SMILES string of the molecule is COCC(CN)N(C)Cc1ccccc1F. The first-order chi connectivity index (χ1) is 7.69. The molecule has 0 bridgehead atoms. The number of rotatable bonds is 6. The summed E-state index contributed by atoms with van der Waals surface area (Å²) in [5.74, 6) is -0.178. The molecule has 0 radical (unpaired) electrons. The van der Waals surface area contributed by atoms with Crippen LogP contribution in [0, 0.1) is 5.82 Å². The van der Waals surface area contributed by atoms with Crippen LogP contribution in [0.1, 0.15) is 5.56 Å². The van der Waals surface area contributed by atoms with Crippen LogP contribution >= 0.6 is 0 Å². The molecule has 0 aliphatic rings. The van der Waals surface area contributed by atoms with E-state index in [4.69, 9.17) is 10.5 Å². The minimum atomic E-state index is -0.178. The van der Waals surface area contributed by atoms with Gasteiger partial charge in [0.1, 0.15) is 5.82 Å². The third kappa shape index (κ3) is 3.56. The highest BCUT2D eigenvalue weighted by Gasteiger charge is 2.14. The first-order valence-electron chi connectivity index (χ1n) is 5.31. The van der Waals surface area contributed by atoms with E-state index in [1.54, 1.807) is 19.2 Å². The van der Waals surface area contributed by atoms with Crippen LogP contribution in [0.2, 0.25) is 0 Å². The maximum Gasteiger partial charge on any atom is 0.127 e. The molecular formula is C12H19FN2O. The quantitative estimate of drug-likeness (QED) is 0.793. The minimum absolute atomic E-state index is 0.115. The van der Waals surface area contributed by atoms with Crippen LogP contribution in [0.25, 0.3) is 0 Å². The molecule has 0 saturated heterocycles. The van der Waals surface area contributed by atoms with Crippen LogP contribution < -0.4 is 5.73 Å². The highest BCUT2D eigenvalue weighted by atomic mass is 19.1. The van der Waals surface area contributed by atoms with Gasteiger partial charge in [0.25, 0.3) is 0 Å². The van der Waals surface area contributed by atoms with Gasteiger partial charge in [-0.25, -0.2) is 4.39 Å². The zero-order chi connectivity index (χ0) is 12.0. The second-order valence-corrected chi connectivity index (χ2v) is 3.85. The van der Waals surface area contributed by atoms with Gasteiger partial charge in [0.15, 0.2) is 0 Å². The second-order valence-electron chi connectivity index (χ2n) is 3.85. The minimum Gasteiger partial charge on any atom is -0.383 e. The predicted octanol–water partition coefficient (Wildman–Crippen LogP) is 1.23. The van der Waals surface area contributed by atoms with E-state index in [0.717, 1.165) is 0 Å². The van der Waals surface area contributed by atoms with Crippen molar-refractivity contribution < 1.29 is 9.13 Å². The zero-order valence-corrected chi connectivity index (χ0v) is 9.82. The first-order valence-corrected chi connectivity index (χ1v) is 5.31. The summed E-state index contributed by atoms with van der Waals surface area (Å²) in [5, 5.41) is 0. The van der Waals surface area contributed by atoms with Gasteiger partial charge < -0.3 is 10.5 Å². The number of likely N-dealkylation sites (N-methyl/N-ethyl adjacent to an activating group) is 1. The largest absolute Gasteiger partial charge is 0.383 e. The molecule has 2 N–H and O–H groups in total. The molecule has 0 spiro atoms. The lowest BCUT2D eigenvalue weighted by Crippen LogP contribution is -2.40. The van der Waals surface area contributed by atoms with Gasteiger partial charge in [-0.15, -0.1) is 0 Å². The number of nitrogens with two attached hydrogens (primary N) is 1. The van der Waals surface area contributed by atoms with E-state index in [1.165, 1.54) is 6.07 Å². The van der Waals surface area contributed by atoms with Crippen molar-refractivity contribution in [3.63, 3.8) is 0 Å². The molecule has 0 aromatic heterocycles. The predicted molar refractivity (Wildman–Crippen MR) is 62.6 cm³/mol. The van der Waals surface area contributed by atoms with E-state index in [-0.39, 0.29) is 11.9 Å². The van der Waals surface area contributed by atoms with Gasteiger partial charge in [-0.2, -0.15) is 0 Å². The topological polar surface area (TPSA) is 38.5 Å². The number of halogens is 1. The van der Waals surface area contributed by atoms with Crippen LogP contribution in [0.4, 0.5) is 4.39 Å². The Hall–Kier alpha value is -0.970. The van der Waals surface area contributed by atoms with Crippen molar-refractivity contribution in [3.8, 4) is 0 Å². The van der Waals surface area contributed by atoms with E-state index in [0.29, 0.717) is 25.3 Å². The normalized spacial score (nSPS) is 13.1. The number of hydrogen-bond acceptors (Lipinski definition) is 3. The average Bonchev–Trinajstić information content (AvgIpc) is 2.29. The maximum absolute atomic E-state index is 13.4. The fourth-order valence-electron chi connectivity index (χ4n) is 1.59. The zero-order valence-electron chi connectivity index (χ0n) is 9.82. The highest BCUT2D eigenvalue weighted by Crippen LogP contribution is 2.10. The Morgan fingerprint density at radius 1 is 1.44 bits per heavy atom. The van der Waals surface area contributed by atoms with Gasteiger partial charge in [-0.1, -0.05) is 18.2 Å².